The van der Waals surface area contributed by atoms with Crippen molar-refractivity contribution in [1.29, 1.82) is 0 Å². The Morgan fingerprint density at radius 3 is 2.94 bits per heavy atom. The summed E-state index contributed by atoms with van der Waals surface area (Å²) in [7, 11) is 1.37. The molecule has 2 rings (SSSR count). The molecule has 0 bridgehead atoms. The first-order valence-electron chi connectivity index (χ1n) is 5.05. The average Bonchev–Trinajstić information content (AvgIpc) is 2.83. The van der Waals surface area contributed by atoms with Gasteiger partial charge in [-0.1, -0.05) is 22.0 Å². The Hall–Kier alpha value is -1.62. The average molecular weight is 295 g/mol. The molecule has 88 valence electrons. The summed E-state index contributed by atoms with van der Waals surface area (Å²) in [6.45, 7) is 0.662. The van der Waals surface area contributed by atoms with Crippen molar-refractivity contribution in [3.63, 3.8) is 0 Å². The van der Waals surface area contributed by atoms with Gasteiger partial charge in [-0.25, -0.2) is 4.79 Å². The maximum absolute atomic E-state index is 11.3. The molecule has 0 N–H and O–H groups in total. The first kappa shape index (κ1) is 11.9. The molecule has 4 nitrogen and oxygen atoms in total. The van der Waals surface area contributed by atoms with Crippen molar-refractivity contribution in [3.05, 3.63) is 52.3 Å². The number of rotatable bonds is 3. The minimum absolute atomic E-state index is 0.337. The molecule has 0 atom stereocenters. The quantitative estimate of drug-likeness (QED) is 0.817. The number of hydrogen-bond acceptors (Lipinski definition) is 3. The van der Waals surface area contributed by atoms with Gasteiger partial charge in [0.05, 0.1) is 19.2 Å². The summed E-state index contributed by atoms with van der Waals surface area (Å²) < 4.78 is 7.35. The zero-order valence-electron chi connectivity index (χ0n) is 9.26. The Morgan fingerprint density at radius 2 is 2.35 bits per heavy atom. The number of esters is 1. The number of benzene rings is 1. The summed E-state index contributed by atoms with van der Waals surface area (Å²) in [6.07, 6.45) is 3.62. The lowest BCUT2D eigenvalue weighted by molar-refractivity contribution is 0.0600. The van der Waals surface area contributed by atoms with Gasteiger partial charge in [0.25, 0.3) is 0 Å². The smallest absolute Gasteiger partial charge is 0.337 e. The Balaban J connectivity index is 2.23. The summed E-state index contributed by atoms with van der Waals surface area (Å²) in [5, 5.41) is 4.13. The zero-order chi connectivity index (χ0) is 12.3. The maximum Gasteiger partial charge on any atom is 0.337 e. The van der Waals surface area contributed by atoms with E-state index in [4.69, 9.17) is 0 Å². The second kappa shape index (κ2) is 5.14. The van der Waals surface area contributed by atoms with E-state index in [1.165, 1.54) is 7.11 Å². The fraction of sp³-hybridized carbons (Fsp3) is 0.167. The molecule has 0 spiro atoms. The summed E-state index contributed by atoms with van der Waals surface area (Å²) in [6, 6.07) is 7.26. The van der Waals surface area contributed by atoms with E-state index in [1.54, 1.807) is 18.3 Å². The van der Waals surface area contributed by atoms with Gasteiger partial charge in [0.15, 0.2) is 0 Å². The first-order valence-corrected chi connectivity index (χ1v) is 5.84. The second-order valence-electron chi connectivity index (χ2n) is 3.50. The van der Waals surface area contributed by atoms with E-state index < -0.39 is 0 Å². The molecule has 1 heterocycles. The predicted molar refractivity (Wildman–Crippen MR) is 66.8 cm³/mol. The van der Waals surface area contributed by atoms with Crippen LogP contribution in [-0.4, -0.2) is 22.9 Å². The number of hydrogen-bond donors (Lipinski definition) is 0. The van der Waals surface area contributed by atoms with Crippen molar-refractivity contribution in [2.45, 2.75) is 6.54 Å². The molecular weight excluding hydrogens is 284 g/mol. The van der Waals surface area contributed by atoms with Crippen molar-refractivity contribution < 1.29 is 9.53 Å². The Labute approximate surface area is 107 Å². The van der Waals surface area contributed by atoms with Gasteiger partial charge in [0, 0.05) is 16.9 Å². The molecule has 0 saturated carbocycles. The molecule has 0 aliphatic carbocycles. The number of ether oxygens (including phenoxy) is 1. The van der Waals surface area contributed by atoms with E-state index in [-0.39, 0.29) is 5.97 Å². The lowest BCUT2D eigenvalue weighted by Crippen LogP contribution is -2.04. The fourth-order valence-electron chi connectivity index (χ4n) is 1.49. The fourth-order valence-corrected chi connectivity index (χ4v) is 1.99. The van der Waals surface area contributed by atoms with E-state index >= 15 is 0 Å². The zero-order valence-corrected chi connectivity index (χ0v) is 10.8. The highest BCUT2D eigenvalue weighted by Gasteiger charge is 2.08. The van der Waals surface area contributed by atoms with Crippen LogP contribution in [-0.2, 0) is 11.3 Å². The molecule has 0 fully saturated rings. The van der Waals surface area contributed by atoms with Gasteiger partial charge in [0.1, 0.15) is 0 Å². The summed E-state index contributed by atoms with van der Waals surface area (Å²) in [5.74, 6) is -0.337. The van der Waals surface area contributed by atoms with Gasteiger partial charge in [0.2, 0.25) is 0 Å². The van der Waals surface area contributed by atoms with Gasteiger partial charge in [-0.05, 0) is 23.8 Å². The molecule has 5 heteroatoms. The molecule has 0 amide bonds. The molecule has 1 aromatic carbocycles. The highest BCUT2D eigenvalue weighted by molar-refractivity contribution is 9.10. The van der Waals surface area contributed by atoms with E-state index in [0.717, 1.165) is 10.0 Å². The second-order valence-corrected chi connectivity index (χ2v) is 4.36. The summed E-state index contributed by atoms with van der Waals surface area (Å²) in [4.78, 5) is 11.3. The minimum atomic E-state index is -0.337. The van der Waals surface area contributed by atoms with Crippen LogP contribution in [0.25, 0.3) is 0 Å². The molecule has 2 aromatic rings. The number of nitrogens with zero attached hydrogens (tertiary/aromatic N) is 2. The highest BCUT2D eigenvalue weighted by atomic mass is 79.9. The van der Waals surface area contributed by atoms with E-state index in [9.17, 15) is 4.79 Å². The van der Waals surface area contributed by atoms with Crippen LogP contribution in [0.5, 0.6) is 0 Å². The van der Waals surface area contributed by atoms with Crippen LogP contribution in [0, 0.1) is 0 Å². The monoisotopic (exact) mass is 294 g/mol. The molecule has 0 aliphatic rings. The SMILES string of the molecule is COC(=O)c1ccc(Cn2cccn2)c(Br)c1. The Bertz CT molecular complexity index is 523. The van der Waals surface area contributed by atoms with Crippen LogP contribution >= 0.6 is 15.9 Å². The lowest BCUT2D eigenvalue weighted by Gasteiger charge is -2.06. The van der Waals surface area contributed by atoms with Gasteiger partial charge in [-0.3, -0.25) is 4.68 Å². The number of carbonyl (C=O) groups is 1. The summed E-state index contributed by atoms with van der Waals surface area (Å²) in [5.41, 5.74) is 1.59. The molecule has 0 saturated heterocycles. The van der Waals surface area contributed by atoms with E-state index in [2.05, 4.69) is 25.8 Å². The van der Waals surface area contributed by atoms with Crippen molar-refractivity contribution in [1.82, 2.24) is 9.78 Å². The minimum Gasteiger partial charge on any atom is -0.465 e. The van der Waals surface area contributed by atoms with Crippen LogP contribution in [0.2, 0.25) is 0 Å². The van der Waals surface area contributed by atoms with Gasteiger partial charge in [-0.2, -0.15) is 5.10 Å². The topological polar surface area (TPSA) is 44.1 Å². The van der Waals surface area contributed by atoms with Crippen molar-refractivity contribution >= 4 is 21.9 Å². The normalized spacial score (nSPS) is 10.2. The molecule has 17 heavy (non-hydrogen) atoms. The Morgan fingerprint density at radius 1 is 1.53 bits per heavy atom. The van der Waals surface area contributed by atoms with Gasteiger partial charge in [-0.15, -0.1) is 0 Å². The van der Waals surface area contributed by atoms with E-state index in [0.29, 0.717) is 12.1 Å². The van der Waals surface area contributed by atoms with Crippen LogP contribution < -0.4 is 0 Å². The standard InChI is InChI=1S/C12H11BrN2O2/c1-17-12(16)9-3-4-10(11(13)7-9)8-15-6-2-5-14-15/h2-7H,8H2,1H3. The van der Waals surface area contributed by atoms with Crippen LogP contribution in [0.4, 0.5) is 0 Å². The number of halogens is 1. The van der Waals surface area contributed by atoms with Crippen molar-refractivity contribution in [2.24, 2.45) is 0 Å². The van der Waals surface area contributed by atoms with Crippen LogP contribution in [0.15, 0.2) is 41.1 Å². The molecule has 0 unspecified atom stereocenters. The van der Waals surface area contributed by atoms with Crippen LogP contribution in [0.3, 0.4) is 0 Å². The van der Waals surface area contributed by atoms with E-state index in [1.807, 2.05) is 23.0 Å². The number of carbonyl (C=O) groups excluding carboxylic acids is 1. The molecule has 0 radical (unpaired) electrons. The third-order valence-electron chi connectivity index (χ3n) is 2.37. The molecule has 1 aromatic heterocycles. The first-order chi connectivity index (χ1) is 8.20. The largest absolute Gasteiger partial charge is 0.465 e. The Kier molecular flexibility index (Phi) is 3.58. The number of aromatic nitrogens is 2. The highest BCUT2D eigenvalue weighted by Crippen LogP contribution is 2.20. The van der Waals surface area contributed by atoms with Crippen molar-refractivity contribution in [2.75, 3.05) is 7.11 Å². The maximum atomic E-state index is 11.3. The lowest BCUT2D eigenvalue weighted by atomic mass is 10.1. The summed E-state index contributed by atoms with van der Waals surface area (Å²) >= 11 is 3.44. The van der Waals surface area contributed by atoms with Gasteiger partial charge >= 0.3 is 5.97 Å². The number of methoxy groups -OCH3 is 1. The third kappa shape index (κ3) is 2.74. The molecular formula is C12H11BrN2O2. The third-order valence-corrected chi connectivity index (χ3v) is 3.10. The van der Waals surface area contributed by atoms with Gasteiger partial charge < -0.3 is 4.74 Å². The predicted octanol–water partition coefficient (Wildman–Crippen LogP) is 2.48. The van der Waals surface area contributed by atoms with Crippen LogP contribution in [0.1, 0.15) is 15.9 Å². The van der Waals surface area contributed by atoms with Crippen molar-refractivity contribution in [3.8, 4) is 0 Å². The molecule has 0 aliphatic heterocycles.